The maximum Gasteiger partial charge on any atom is 0.125 e. The molecule has 0 aromatic heterocycles. The molecule has 0 spiro atoms. The zero-order chi connectivity index (χ0) is 13.2. The number of rotatable bonds is 4. The number of ether oxygens (including phenoxy) is 1. The van der Waals surface area contributed by atoms with Crippen LogP contribution in [0, 0.1) is 11.2 Å². The lowest BCUT2D eigenvalue weighted by Gasteiger charge is -2.35. The van der Waals surface area contributed by atoms with E-state index in [1.165, 1.54) is 6.07 Å². The molecule has 2 atom stereocenters. The third kappa shape index (κ3) is 2.65. The van der Waals surface area contributed by atoms with E-state index in [4.69, 9.17) is 10.5 Å². The van der Waals surface area contributed by atoms with Gasteiger partial charge in [-0.1, -0.05) is 13.0 Å². The lowest BCUT2D eigenvalue weighted by Crippen LogP contribution is -2.47. The molecule has 1 aliphatic rings. The molecule has 0 aliphatic carbocycles. The second-order valence-electron chi connectivity index (χ2n) is 5.27. The van der Waals surface area contributed by atoms with Crippen molar-refractivity contribution >= 4 is 5.69 Å². The predicted octanol–water partition coefficient (Wildman–Crippen LogP) is 2.02. The van der Waals surface area contributed by atoms with Gasteiger partial charge < -0.3 is 15.4 Å². The van der Waals surface area contributed by atoms with Crippen LogP contribution in [0.3, 0.4) is 0 Å². The van der Waals surface area contributed by atoms with Gasteiger partial charge in [-0.25, -0.2) is 4.39 Å². The molecule has 2 N–H and O–H groups in total. The van der Waals surface area contributed by atoms with Gasteiger partial charge >= 0.3 is 0 Å². The molecule has 1 aromatic carbocycles. The van der Waals surface area contributed by atoms with Gasteiger partial charge in [0.05, 0.1) is 13.2 Å². The normalized spacial score (nSPS) is 27.4. The summed E-state index contributed by atoms with van der Waals surface area (Å²) in [4.78, 5) is 2.15. The van der Waals surface area contributed by atoms with E-state index in [0.29, 0.717) is 13.2 Å². The maximum absolute atomic E-state index is 13.3. The average molecular weight is 252 g/mol. The van der Waals surface area contributed by atoms with Crippen LogP contribution in [0.25, 0.3) is 0 Å². The summed E-state index contributed by atoms with van der Waals surface area (Å²) in [7, 11) is 0. The molecule has 4 heteroatoms. The molecule has 1 heterocycles. The van der Waals surface area contributed by atoms with Crippen molar-refractivity contribution in [3.05, 3.63) is 30.1 Å². The van der Waals surface area contributed by atoms with Crippen molar-refractivity contribution in [3.8, 4) is 0 Å². The van der Waals surface area contributed by atoms with E-state index < -0.39 is 0 Å². The van der Waals surface area contributed by atoms with Crippen molar-refractivity contribution in [1.82, 2.24) is 0 Å². The van der Waals surface area contributed by atoms with Crippen molar-refractivity contribution in [1.29, 1.82) is 0 Å². The van der Waals surface area contributed by atoms with Gasteiger partial charge in [0.25, 0.3) is 0 Å². The summed E-state index contributed by atoms with van der Waals surface area (Å²) in [6.45, 7) is 7.08. The highest BCUT2D eigenvalue weighted by molar-refractivity contribution is 5.46. The third-order valence-electron chi connectivity index (χ3n) is 3.73. The lowest BCUT2D eigenvalue weighted by atomic mass is 9.85. The van der Waals surface area contributed by atoms with Crippen LogP contribution in [0.2, 0.25) is 0 Å². The second-order valence-corrected chi connectivity index (χ2v) is 5.27. The molecule has 3 nitrogen and oxygen atoms in total. The highest BCUT2D eigenvalue weighted by atomic mass is 19.1. The molecule has 100 valence electrons. The Hall–Kier alpha value is -1.13. The predicted molar refractivity (Wildman–Crippen MR) is 71.2 cm³/mol. The molecule has 18 heavy (non-hydrogen) atoms. The van der Waals surface area contributed by atoms with Crippen molar-refractivity contribution < 1.29 is 9.13 Å². The number of anilines is 1. The van der Waals surface area contributed by atoms with E-state index in [0.717, 1.165) is 18.8 Å². The molecule has 2 rings (SSSR count). The maximum atomic E-state index is 13.3. The zero-order valence-electron chi connectivity index (χ0n) is 11.0. The summed E-state index contributed by atoms with van der Waals surface area (Å²) in [5.41, 5.74) is 6.93. The van der Waals surface area contributed by atoms with E-state index >= 15 is 0 Å². The molecule has 1 saturated heterocycles. The fraction of sp³-hybridized carbons (Fsp3) is 0.571. The molecule has 0 saturated carbocycles. The average Bonchev–Trinajstić information content (AvgIpc) is 2.67. The largest absolute Gasteiger partial charge is 0.379 e. The minimum absolute atomic E-state index is 0.0418. The van der Waals surface area contributed by atoms with Gasteiger partial charge in [0.15, 0.2) is 0 Å². The van der Waals surface area contributed by atoms with E-state index in [9.17, 15) is 4.39 Å². The van der Waals surface area contributed by atoms with Gasteiger partial charge in [0.1, 0.15) is 5.82 Å². The fourth-order valence-electron chi connectivity index (χ4n) is 2.38. The Balaban J connectivity index is 2.15. The highest BCUT2D eigenvalue weighted by Gasteiger charge is 2.38. The summed E-state index contributed by atoms with van der Waals surface area (Å²) in [5, 5.41) is 0. The smallest absolute Gasteiger partial charge is 0.125 e. The Kier molecular flexibility index (Phi) is 3.88. The van der Waals surface area contributed by atoms with Crippen LogP contribution in [-0.4, -0.2) is 32.3 Å². The van der Waals surface area contributed by atoms with Crippen LogP contribution in [0.1, 0.15) is 13.8 Å². The standard InChI is InChI=1S/C14H21FN2O/c1-3-17(12-6-4-5-11(15)7-12)9-14(2)10-18-8-13(14)16/h4-7,13H,3,8-10,16H2,1-2H3. The Bertz CT molecular complexity index is 413. The first-order valence-corrected chi connectivity index (χ1v) is 6.39. The summed E-state index contributed by atoms with van der Waals surface area (Å²) < 4.78 is 18.7. The summed E-state index contributed by atoms with van der Waals surface area (Å²) in [6, 6.07) is 6.73. The molecule has 0 amide bonds. The molecule has 2 unspecified atom stereocenters. The number of hydrogen-bond donors (Lipinski definition) is 1. The van der Waals surface area contributed by atoms with Crippen LogP contribution in [0.4, 0.5) is 10.1 Å². The van der Waals surface area contributed by atoms with Crippen molar-refractivity contribution in [3.63, 3.8) is 0 Å². The number of hydrogen-bond acceptors (Lipinski definition) is 3. The van der Waals surface area contributed by atoms with E-state index in [-0.39, 0.29) is 17.3 Å². The fourth-order valence-corrected chi connectivity index (χ4v) is 2.38. The quantitative estimate of drug-likeness (QED) is 0.891. The van der Waals surface area contributed by atoms with Crippen molar-refractivity contribution in [2.45, 2.75) is 19.9 Å². The van der Waals surface area contributed by atoms with E-state index in [2.05, 4.69) is 18.7 Å². The first-order valence-electron chi connectivity index (χ1n) is 6.39. The molecular weight excluding hydrogens is 231 g/mol. The molecule has 1 aliphatic heterocycles. The van der Waals surface area contributed by atoms with E-state index in [1.54, 1.807) is 12.1 Å². The second kappa shape index (κ2) is 5.24. The minimum atomic E-state index is -0.205. The monoisotopic (exact) mass is 252 g/mol. The summed E-state index contributed by atoms with van der Waals surface area (Å²) in [5.74, 6) is -0.205. The van der Waals surface area contributed by atoms with Crippen LogP contribution >= 0.6 is 0 Å². The van der Waals surface area contributed by atoms with Gasteiger partial charge in [0, 0.05) is 30.2 Å². The van der Waals surface area contributed by atoms with Gasteiger partial charge in [-0.15, -0.1) is 0 Å². The van der Waals surface area contributed by atoms with Crippen LogP contribution in [0.15, 0.2) is 24.3 Å². The van der Waals surface area contributed by atoms with Crippen molar-refractivity contribution in [2.75, 3.05) is 31.2 Å². The lowest BCUT2D eigenvalue weighted by molar-refractivity contribution is 0.161. The third-order valence-corrected chi connectivity index (χ3v) is 3.73. The van der Waals surface area contributed by atoms with Crippen molar-refractivity contribution in [2.24, 2.45) is 11.1 Å². The molecular formula is C14H21FN2O. The molecule has 0 radical (unpaired) electrons. The number of nitrogens with two attached hydrogens (primary N) is 1. The zero-order valence-corrected chi connectivity index (χ0v) is 11.0. The van der Waals surface area contributed by atoms with Gasteiger partial charge in [-0.3, -0.25) is 0 Å². The van der Waals surface area contributed by atoms with Gasteiger partial charge in [-0.2, -0.15) is 0 Å². The van der Waals surface area contributed by atoms with Crippen LogP contribution in [0.5, 0.6) is 0 Å². The van der Waals surface area contributed by atoms with E-state index in [1.807, 2.05) is 6.07 Å². The first-order chi connectivity index (χ1) is 8.55. The Morgan fingerprint density at radius 2 is 2.33 bits per heavy atom. The Morgan fingerprint density at radius 1 is 1.56 bits per heavy atom. The summed E-state index contributed by atoms with van der Waals surface area (Å²) in [6.07, 6.45) is 0. The SMILES string of the molecule is CCN(CC1(C)COCC1N)c1cccc(F)c1. The highest BCUT2D eigenvalue weighted by Crippen LogP contribution is 2.30. The molecule has 1 fully saturated rings. The molecule has 0 bridgehead atoms. The Morgan fingerprint density at radius 3 is 2.89 bits per heavy atom. The Labute approximate surface area is 108 Å². The topological polar surface area (TPSA) is 38.5 Å². The summed E-state index contributed by atoms with van der Waals surface area (Å²) >= 11 is 0. The number of halogens is 1. The number of nitrogens with zero attached hydrogens (tertiary/aromatic N) is 1. The van der Waals surface area contributed by atoms with Crippen LogP contribution in [-0.2, 0) is 4.74 Å². The first kappa shape index (κ1) is 13.3. The number of benzene rings is 1. The molecule has 1 aromatic rings. The van der Waals surface area contributed by atoms with Gasteiger partial charge in [-0.05, 0) is 25.1 Å². The minimum Gasteiger partial charge on any atom is -0.379 e. The van der Waals surface area contributed by atoms with Gasteiger partial charge in [0.2, 0.25) is 0 Å². The van der Waals surface area contributed by atoms with Crippen LogP contribution < -0.4 is 10.6 Å².